The van der Waals surface area contributed by atoms with Gasteiger partial charge in [-0.1, -0.05) is 353 Å². The fraction of sp³-hybridized carbons (Fsp3) is 0.944. The summed E-state index contributed by atoms with van der Waals surface area (Å²) in [6.45, 7) is 4.98. The molecular weight excluding hydrogens is 947 g/mol. The van der Waals surface area contributed by atoms with E-state index in [1.807, 2.05) is 0 Å². The van der Waals surface area contributed by atoms with Crippen LogP contribution in [0.25, 0.3) is 0 Å². The zero-order valence-electron chi connectivity index (χ0n) is 52.5. The SMILES string of the molecule is CCCCCCCCCCCCCCCCCCCCCCCCCCC(O)C(CO)NC(=O)CCCCCCCCC/C=C\CCCCCCCCOC(=O)CCCCCCCCCCCCCCCCCCCCC. The van der Waals surface area contributed by atoms with Crippen molar-refractivity contribution in [3.8, 4) is 0 Å². The molecule has 2 unspecified atom stereocenters. The molecule has 2 atom stereocenters. The Labute approximate surface area is 482 Å². The van der Waals surface area contributed by atoms with Crippen LogP contribution in [0.4, 0.5) is 0 Å². The molecule has 0 aliphatic carbocycles. The fourth-order valence-electron chi connectivity index (χ4n) is 11.4. The van der Waals surface area contributed by atoms with Gasteiger partial charge in [-0.3, -0.25) is 9.59 Å². The molecule has 0 aliphatic rings. The minimum absolute atomic E-state index is 0.00452. The number of amides is 1. The Morgan fingerprint density at radius 3 is 0.922 bits per heavy atom. The van der Waals surface area contributed by atoms with Crippen LogP contribution in [-0.2, 0) is 14.3 Å². The molecule has 458 valence electrons. The van der Waals surface area contributed by atoms with Crippen LogP contribution in [-0.4, -0.2) is 47.4 Å². The average Bonchev–Trinajstić information content (AvgIpc) is 3.43. The average molecular weight is 1090 g/mol. The normalized spacial score (nSPS) is 12.5. The molecule has 1 amide bonds. The number of esters is 1. The van der Waals surface area contributed by atoms with Crippen molar-refractivity contribution in [3.05, 3.63) is 12.2 Å². The summed E-state index contributed by atoms with van der Waals surface area (Å²) in [5, 5.41) is 23.4. The predicted octanol–water partition coefficient (Wildman–Crippen LogP) is 22.8. The van der Waals surface area contributed by atoms with Crippen molar-refractivity contribution in [3.63, 3.8) is 0 Å². The number of carbonyl (C=O) groups is 2. The number of aliphatic hydroxyl groups excluding tert-OH is 2. The molecule has 0 saturated carbocycles. The van der Waals surface area contributed by atoms with Crippen LogP contribution in [0.5, 0.6) is 0 Å². The number of nitrogens with one attached hydrogen (secondary N) is 1. The molecule has 0 saturated heterocycles. The minimum atomic E-state index is -0.673. The first-order chi connectivity index (χ1) is 38.0. The first-order valence-corrected chi connectivity index (χ1v) is 35.4. The van der Waals surface area contributed by atoms with Crippen LogP contribution in [0.1, 0.15) is 406 Å². The summed E-state index contributed by atoms with van der Waals surface area (Å²) in [6.07, 6.45) is 82.5. The third kappa shape index (κ3) is 63.6. The van der Waals surface area contributed by atoms with Crippen LogP contribution >= 0.6 is 0 Å². The minimum Gasteiger partial charge on any atom is -0.466 e. The third-order valence-electron chi connectivity index (χ3n) is 16.8. The van der Waals surface area contributed by atoms with Crippen LogP contribution in [0.15, 0.2) is 12.2 Å². The van der Waals surface area contributed by atoms with E-state index in [0.29, 0.717) is 25.9 Å². The standard InChI is InChI=1S/C71H139NO5/c1-3-5-7-9-11-13-15-17-19-21-23-24-25-26-27-29-31-35-39-43-47-51-55-59-63-69(74)68(67-73)72-70(75)64-60-56-52-48-44-40-36-32-30-34-38-42-46-50-54-58-62-66-77-71(76)65-61-57-53-49-45-41-37-33-28-22-20-18-16-14-12-10-8-6-4-2/h30,34,68-69,73-74H,3-29,31-33,35-67H2,1-2H3,(H,72,75)/b34-30-. The summed E-state index contributed by atoms with van der Waals surface area (Å²) in [6, 6.07) is -0.551. The lowest BCUT2D eigenvalue weighted by molar-refractivity contribution is -0.143. The van der Waals surface area contributed by atoms with Crippen molar-refractivity contribution >= 4 is 11.9 Å². The van der Waals surface area contributed by atoms with Gasteiger partial charge in [0.25, 0.3) is 0 Å². The first-order valence-electron chi connectivity index (χ1n) is 35.4. The second kappa shape index (κ2) is 67.1. The smallest absolute Gasteiger partial charge is 0.305 e. The zero-order chi connectivity index (χ0) is 55.7. The van der Waals surface area contributed by atoms with Gasteiger partial charge in [0.1, 0.15) is 0 Å². The highest BCUT2D eigenvalue weighted by atomic mass is 16.5. The summed E-state index contributed by atoms with van der Waals surface area (Å²) in [5.74, 6) is -0.0372. The lowest BCUT2D eigenvalue weighted by Crippen LogP contribution is -2.45. The van der Waals surface area contributed by atoms with Gasteiger partial charge in [-0.25, -0.2) is 0 Å². The van der Waals surface area contributed by atoms with Gasteiger partial charge in [0.15, 0.2) is 0 Å². The van der Waals surface area contributed by atoms with E-state index in [4.69, 9.17) is 4.74 Å². The lowest BCUT2D eigenvalue weighted by Gasteiger charge is -2.22. The summed E-state index contributed by atoms with van der Waals surface area (Å²) in [4.78, 5) is 24.7. The highest BCUT2D eigenvalue weighted by molar-refractivity contribution is 5.76. The molecule has 0 radical (unpaired) electrons. The molecule has 0 fully saturated rings. The Bertz CT molecular complexity index is 1160. The summed E-state index contributed by atoms with van der Waals surface area (Å²) in [7, 11) is 0. The Morgan fingerprint density at radius 1 is 0.351 bits per heavy atom. The third-order valence-corrected chi connectivity index (χ3v) is 16.8. The molecule has 6 nitrogen and oxygen atoms in total. The van der Waals surface area contributed by atoms with E-state index in [1.165, 1.54) is 321 Å². The van der Waals surface area contributed by atoms with E-state index < -0.39 is 12.1 Å². The van der Waals surface area contributed by atoms with Gasteiger partial charge >= 0.3 is 5.97 Å². The number of carbonyl (C=O) groups excluding carboxylic acids is 2. The second-order valence-electron chi connectivity index (χ2n) is 24.6. The van der Waals surface area contributed by atoms with Crippen LogP contribution in [0.2, 0.25) is 0 Å². The molecule has 0 bridgehead atoms. The first kappa shape index (κ1) is 75.6. The van der Waals surface area contributed by atoms with Gasteiger partial charge in [0.2, 0.25) is 5.91 Å². The molecule has 0 heterocycles. The topological polar surface area (TPSA) is 95.9 Å². The number of allylic oxidation sites excluding steroid dienone is 2. The molecule has 0 aliphatic heterocycles. The van der Waals surface area contributed by atoms with Crippen molar-refractivity contribution in [2.75, 3.05) is 13.2 Å². The van der Waals surface area contributed by atoms with Crippen LogP contribution in [0, 0.1) is 0 Å². The van der Waals surface area contributed by atoms with E-state index in [0.717, 1.165) is 51.4 Å². The van der Waals surface area contributed by atoms with E-state index in [-0.39, 0.29) is 18.5 Å². The zero-order valence-corrected chi connectivity index (χ0v) is 52.5. The highest BCUT2D eigenvalue weighted by Gasteiger charge is 2.20. The van der Waals surface area contributed by atoms with Gasteiger partial charge in [-0.05, 0) is 51.4 Å². The molecule has 0 spiro atoms. The number of aliphatic hydroxyl groups is 2. The molecule has 3 N–H and O–H groups in total. The van der Waals surface area contributed by atoms with Crippen molar-refractivity contribution in [1.82, 2.24) is 5.32 Å². The van der Waals surface area contributed by atoms with Crippen molar-refractivity contribution < 1.29 is 24.5 Å². The molecule has 77 heavy (non-hydrogen) atoms. The Hall–Kier alpha value is -1.40. The Morgan fingerprint density at radius 2 is 0.610 bits per heavy atom. The molecule has 0 aromatic heterocycles. The van der Waals surface area contributed by atoms with Crippen molar-refractivity contribution in [1.29, 1.82) is 0 Å². The maximum absolute atomic E-state index is 12.5. The number of unbranched alkanes of at least 4 members (excludes halogenated alkanes) is 54. The van der Waals surface area contributed by atoms with E-state index >= 15 is 0 Å². The lowest BCUT2D eigenvalue weighted by atomic mass is 10.0. The maximum atomic E-state index is 12.5. The van der Waals surface area contributed by atoms with Crippen molar-refractivity contribution in [2.24, 2.45) is 0 Å². The van der Waals surface area contributed by atoms with E-state index in [1.54, 1.807) is 0 Å². The van der Waals surface area contributed by atoms with Gasteiger partial charge in [-0.15, -0.1) is 0 Å². The highest BCUT2D eigenvalue weighted by Crippen LogP contribution is 2.19. The second-order valence-corrected chi connectivity index (χ2v) is 24.6. The van der Waals surface area contributed by atoms with E-state index in [2.05, 4.69) is 31.3 Å². The maximum Gasteiger partial charge on any atom is 0.305 e. The Balaban J connectivity index is 3.42. The predicted molar refractivity (Wildman–Crippen MR) is 338 cm³/mol. The Kier molecular flexibility index (Phi) is 65.9. The van der Waals surface area contributed by atoms with Crippen LogP contribution in [0.3, 0.4) is 0 Å². The quantitative estimate of drug-likeness (QED) is 0.0320. The molecule has 6 heteroatoms. The summed E-state index contributed by atoms with van der Waals surface area (Å²) >= 11 is 0. The number of hydrogen-bond acceptors (Lipinski definition) is 5. The monoisotopic (exact) mass is 1090 g/mol. The van der Waals surface area contributed by atoms with Gasteiger partial charge in [0, 0.05) is 12.8 Å². The van der Waals surface area contributed by atoms with E-state index in [9.17, 15) is 19.8 Å². The molecular formula is C71H139NO5. The number of rotatable bonds is 67. The largest absolute Gasteiger partial charge is 0.466 e. The van der Waals surface area contributed by atoms with Gasteiger partial charge in [0.05, 0.1) is 25.4 Å². The van der Waals surface area contributed by atoms with Gasteiger partial charge < -0.3 is 20.3 Å². The number of ether oxygens (including phenoxy) is 1. The molecule has 0 aromatic rings. The molecule has 0 aromatic carbocycles. The fourth-order valence-corrected chi connectivity index (χ4v) is 11.4. The van der Waals surface area contributed by atoms with Crippen LogP contribution < -0.4 is 5.32 Å². The van der Waals surface area contributed by atoms with Gasteiger partial charge in [-0.2, -0.15) is 0 Å². The summed E-state index contributed by atoms with van der Waals surface area (Å²) in [5.41, 5.74) is 0. The van der Waals surface area contributed by atoms with Crippen molar-refractivity contribution in [2.45, 2.75) is 418 Å². The molecule has 0 rings (SSSR count). The summed E-state index contributed by atoms with van der Waals surface area (Å²) < 4.78 is 5.50. The number of hydrogen-bond donors (Lipinski definition) is 3.